The van der Waals surface area contributed by atoms with Crippen LogP contribution in [0.25, 0.3) is 5.69 Å². The van der Waals surface area contributed by atoms with Gasteiger partial charge in [-0.1, -0.05) is 52.0 Å². The van der Waals surface area contributed by atoms with E-state index in [1.165, 1.54) is 7.11 Å². The van der Waals surface area contributed by atoms with Crippen LogP contribution in [0.5, 0.6) is 17.2 Å². The SMILES string of the molecule is COc1ccc(C(=O)NCc2nnc(SCc3ccc(Br)cc3)n2-c2ccccc2OC)cc1OC. The monoisotopic (exact) mass is 568 g/mol. The molecule has 4 rings (SSSR count). The summed E-state index contributed by atoms with van der Waals surface area (Å²) in [5.41, 5.74) is 2.39. The molecule has 1 heterocycles. The Morgan fingerprint density at radius 1 is 0.917 bits per heavy atom. The average Bonchev–Trinajstić information content (AvgIpc) is 3.33. The fraction of sp³-hybridized carbons (Fsp3) is 0.192. The van der Waals surface area contributed by atoms with Crippen molar-refractivity contribution < 1.29 is 19.0 Å². The lowest BCUT2D eigenvalue weighted by molar-refractivity contribution is 0.0949. The zero-order chi connectivity index (χ0) is 25.5. The maximum Gasteiger partial charge on any atom is 0.251 e. The lowest BCUT2D eigenvalue weighted by atomic mass is 10.2. The van der Waals surface area contributed by atoms with Crippen LogP contribution in [0.2, 0.25) is 0 Å². The van der Waals surface area contributed by atoms with Crippen molar-refractivity contribution in [3.63, 3.8) is 0 Å². The smallest absolute Gasteiger partial charge is 0.251 e. The van der Waals surface area contributed by atoms with Crippen molar-refractivity contribution in [2.24, 2.45) is 0 Å². The van der Waals surface area contributed by atoms with Crippen LogP contribution in [0.1, 0.15) is 21.7 Å². The van der Waals surface area contributed by atoms with Crippen molar-refractivity contribution >= 4 is 33.6 Å². The standard InChI is InChI=1S/C26H25BrN4O4S/c1-33-21-7-5-4-6-20(21)31-24(29-30-26(31)36-16-17-8-11-19(27)12-9-17)15-28-25(32)18-10-13-22(34-2)23(14-18)35-3/h4-14H,15-16H2,1-3H3,(H,28,32). The molecule has 0 aliphatic heterocycles. The van der Waals surface area contributed by atoms with Crippen molar-refractivity contribution in [3.8, 4) is 22.9 Å². The number of carbonyl (C=O) groups is 1. The Kier molecular flexibility index (Phi) is 8.50. The summed E-state index contributed by atoms with van der Waals surface area (Å²) in [6.07, 6.45) is 0. The number of thioether (sulfide) groups is 1. The van der Waals surface area contributed by atoms with E-state index in [1.54, 1.807) is 44.2 Å². The maximum atomic E-state index is 12.9. The Labute approximate surface area is 222 Å². The molecule has 36 heavy (non-hydrogen) atoms. The summed E-state index contributed by atoms with van der Waals surface area (Å²) in [7, 11) is 4.70. The molecule has 0 fully saturated rings. The van der Waals surface area contributed by atoms with E-state index < -0.39 is 0 Å². The molecule has 3 aromatic carbocycles. The number of nitrogens with zero attached hydrogens (tertiary/aromatic N) is 3. The second kappa shape index (κ2) is 12.0. The third kappa shape index (κ3) is 5.83. The Hall–Kier alpha value is -3.50. The molecule has 186 valence electrons. The molecule has 8 nitrogen and oxygen atoms in total. The van der Waals surface area contributed by atoms with Crippen LogP contribution in [0.15, 0.2) is 76.4 Å². The largest absolute Gasteiger partial charge is 0.495 e. The molecule has 0 radical (unpaired) electrons. The lowest BCUT2D eigenvalue weighted by Crippen LogP contribution is -2.24. The van der Waals surface area contributed by atoms with Gasteiger partial charge in [0.05, 0.1) is 33.6 Å². The number of aromatic nitrogens is 3. The van der Waals surface area contributed by atoms with E-state index in [1.807, 2.05) is 41.0 Å². The van der Waals surface area contributed by atoms with E-state index >= 15 is 0 Å². The van der Waals surface area contributed by atoms with Gasteiger partial charge in [-0.3, -0.25) is 9.36 Å². The van der Waals surface area contributed by atoms with Crippen LogP contribution in [-0.2, 0) is 12.3 Å². The predicted molar refractivity (Wildman–Crippen MR) is 142 cm³/mol. The number of benzene rings is 3. The van der Waals surface area contributed by atoms with Crippen molar-refractivity contribution in [1.82, 2.24) is 20.1 Å². The molecule has 0 aliphatic carbocycles. The first-order valence-electron chi connectivity index (χ1n) is 11.0. The summed E-state index contributed by atoms with van der Waals surface area (Å²) in [6.45, 7) is 0.164. The highest BCUT2D eigenvalue weighted by Gasteiger charge is 2.19. The molecule has 1 amide bonds. The maximum absolute atomic E-state index is 12.9. The number of halogens is 1. The Balaban J connectivity index is 1.59. The van der Waals surface area contributed by atoms with Gasteiger partial charge in [0.1, 0.15) is 5.75 Å². The Morgan fingerprint density at radius 2 is 1.64 bits per heavy atom. The zero-order valence-electron chi connectivity index (χ0n) is 20.0. The number of methoxy groups -OCH3 is 3. The second-order valence-electron chi connectivity index (χ2n) is 7.57. The molecular formula is C26H25BrN4O4S. The van der Waals surface area contributed by atoms with Crippen LogP contribution in [0.4, 0.5) is 0 Å². The van der Waals surface area contributed by atoms with E-state index in [9.17, 15) is 4.79 Å². The van der Waals surface area contributed by atoms with Gasteiger partial charge in [-0.25, -0.2) is 0 Å². The lowest BCUT2D eigenvalue weighted by Gasteiger charge is -2.14. The fourth-order valence-corrected chi connectivity index (χ4v) is 4.72. The first-order chi connectivity index (χ1) is 17.5. The van der Waals surface area contributed by atoms with Crippen molar-refractivity contribution in [2.45, 2.75) is 17.5 Å². The highest BCUT2D eigenvalue weighted by molar-refractivity contribution is 9.10. The average molecular weight is 569 g/mol. The summed E-state index contributed by atoms with van der Waals surface area (Å²) in [6, 6.07) is 20.8. The van der Waals surface area contributed by atoms with Gasteiger partial charge in [0.2, 0.25) is 0 Å². The topological polar surface area (TPSA) is 87.5 Å². The number of hydrogen-bond acceptors (Lipinski definition) is 7. The minimum Gasteiger partial charge on any atom is -0.495 e. The summed E-state index contributed by atoms with van der Waals surface area (Å²) < 4.78 is 19.1. The van der Waals surface area contributed by atoms with E-state index in [0.717, 1.165) is 15.7 Å². The van der Waals surface area contributed by atoms with Crippen molar-refractivity contribution in [1.29, 1.82) is 0 Å². The molecule has 0 aliphatic rings. The van der Waals surface area contributed by atoms with Crippen LogP contribution in [0, 0.1) is 0 Å². The minimum absolute atomic E-state index is 0.164. The van der Waals surface area contributed by atoms with Gasteiger partial charge in [-0.2, -0.15) is 0 Å². The first-order valence-corrected chi connectivity index (χ1v) is 12.8. The fourth-order valence-electron chi connectivity index (χ4n) is 3.53. The van der Waals surface area contributed by atoms with Gasteiger partial charge in [-0.15, -0.1) is 10.2 Å². The highest BCUT2D eigenvalue weighted by Crippen LogP contribution is 2.31. The molecule has 1 aromatic heterocycles. The molecule has 1 N–H and O–H groups in total. The van der Waals surface area contributed by atoms with Crippen LogP contribution < -0.4 is 19.5 Å². The van der Waals surface area contributed by atoms with Crippen LogP contribution in [0.3, 0.4) is 0 Å². The number of rotatable bonds is 10. The Bertz CT molecular complexity index is 1340. The zero-order valence-corrected chi connectivity index (χ0v) is 22.4. The summed E-state index contributed by atoms with van der Waals surface area (Å²) >= 11 is 5.02. The summed E-state index contributed by atoms with van der Waals surface area (Å²) in [5, 5.41) is 12.4. The number of carbonyl (C=O) groups excluding carboxylic acids is 1. The minimum atomic E-state index is -0.269. The molecule has 0 spiro atoms. The van der Waals surface area contributed by atoms with Crippen molar-refractivity contribution in [2.75, 3.05) is 21.3 Å². The molecular weight excluding hydrogens is 544 g/mol. The number of hydrogen-bond donors (Lipinski definition) is 1. The molecule has 0 atom stereocenters. The van der Waals surface area contributed by atoms with E-state index in [-0.39, 0.29) is 12.5 Å². The predicted octanol–water partition coefficient (Wildman–Crippen LogP) is 5.28. The number of ether oxygens (including phenoxy) is 3. The molecule has 0 saturated heterocycles. The van der Waals surface area contributed by atoms with E-state index in [2.05, 4.69) is 43.6 Å². The van der Waals surface area contributed by atoms with E-state index in [0.29, 0.717) is 39.5 Å². The molecule has 10 heteroatoms. The molecule has 0 bridgehead atoms. The summed E-state index contributed by atoms with van der Waals surface area (Å²) in [4.78, 5) is 12.9. The third-order valence-corrected chi connectivity index (χ3v) is 6.89. The molecule has 0 unspecified atom stereocenters. The normalized spacial score (nSPS) is 10.7. The van der Waals surface area contributed by atoms with Gasteiger partial charge in [0.15, 0.2) is 22.5 Å². The van der Waals surface area contributed by atoms with Crippen LogP contribution in [-0.4, -0.2) is 42.0 Å². The molecule has 0 saturated carbocycles. The number of amides is 1. The third-order valence-electron chi connectivity index (χ3n) is 5.36. The summed E-state index contributed by atoms with van der Waals surface area (Å²) in [5.74, 6) is 2.72. The first kappa shape index (κ1) is 25.6. The van der Waals surface area contributed by atoms with Gasteiger partial charge in [0.25, 0.3) is 5.91 Å². The van der Waals surface area contributed by atoms with E-state index in [4.69, 9.17) is 14.2 Å². The highest BCUT2D eigenvalue weighted by atomic mass is 79.9. The van der Waals surface area contributed by atoms with Gasteiger partial charge < -0.3 is 19.5 Å². The van der Waals surface area contributed by atoms with Crippen molar-refractivity contribution in [3.05, 3.63) is 88.2 Å². The number of para-hydroxylation sites is 2. The second-order valence-corrected chi connectivity index (χ2v) is 9.43. The van der Waals surface area contributed by atoms with Gasteiger partial charge >= 0.3 is 0 Å². The number of nitrogens with one attached hydrogen (secondary N) is 1. The molecule has 4 aromatic rings. The Morgan fingerprint density at radius 3 is 2.36 bits per heavy atom. The quantitative estimate of drug-likeness (QED) is 0.260. The van der Waals surface area contributed by atoms with Gasteiger partial charge in [0, 0.05) is 15.8 Å². The van der Waals surface area contributed by atoms with Crippen LogP contribution >= 0.6 is 27.7 Å². The van der Waals surface area contributed by atoms with Gasteiger partial charge in [-0.05, 0) is 48.0 Å².